The Labute approximate surface area is 142 Å². The smallest absolute Gasteiger partial charge is 0.173 e. The van der Waals surface area contributed by atoms with Crippen molar-refractivity contribution in [1.29, 1.82) is 5.41 Å². The van der Waals surface area contributed by atoms with Gasteiger partial charge in [-0.05, 0) is 25.0 Å². The van der Waals surface area contributed by atoms with Gasteiger partial charge in [0.05, 0.1) is 12.9 Å². The molecule has 0 amide bonds. The molecule has 1 aliphatic carbocycles. The minimum atomic E-state index is 0.208. The lowest BCUT2D eigenvalue weighted by Crippen LogP contribution is -2.13. The zero-order chi connectivity index (χ0) is 16.0. The van der Waals surface area contributed by atoms with Crippen LogP contribution in [0.25, 0.3) is 11.2 Å². The zero-order valence-electron chi connectivity index (χ0n) is 12.3. The van der Waals surface area contributed by atoms with Crippen LogP contribution in [0.1, 0.15) is 36.6 Å². The van der Waals surface area contributed by atoms with Crippen LogP contribution in [0.4, 0.5) is 0 Å². The zero-order valence-corrected chi connectivity index (χ0v) is 13.8. The van der Waals surface area contributed by atoms with Crippen molar-refractivity contribution in [3.63, 3.8) is 0 Å². The Bertz CT molecular complexity index is 919. The molecule has 0 bridgehead atoms. The third-order valence-corrected chi connectivity index (χ3v) is 5.13. The molecular formula is C16H15Cl2N5. The van der Waals surface area contributed by atoms with Gasteiger partial charge in [0.1, 0.15) is 11.3 Å². The van der Waals surface area contributed by atoms with Crippen molar-refractivity contribution in [1.82, 2.24) is 19.5 Å². The molecule has 7 heteroatoms. The molecule has 3 aromatic rings. The fraction of sp³-hybridized carbons (Fsp3) is 0.312. The molecule has 0 atom stereocenters. The first kappa shape index (κ1) is 14.7. The molecule has 1 aliphatic rings. The van der Waals surface area contributed by atoms with E-state index in [0.29, 0.717) is 28.0 Å². The molecule has 1 fully saturated rings. The second kappa shape index (κ2) is 5.65. The number of hydrogen-bond acceptors (Lipinski definition) is 3. The highest BCUT2D eigenvalue weighted by Crippen LogP contribution is 2.35. The lowest BCUT2D eigenvalue weighted by molar-refractivity contribution is 0.404. The maximum Gasteiger partial charge on any atom is 0.173 e. The largest absolute Gasteiger partial charge is 0.337 e. The number of halogens is 2. The summed E-state index contributed by atoms with van der Waals surface area (Å²) < 4.78 is 1.89. The molecule has 0 saturated heterocycles. The van der Waals surface area contributed by atoms with Crippen LogP contribution in [0.5, 0.6) is 0 Å². The van der Waals surface area contributed by atoms with Crippen molar-refractivity contribution >= 4 is 34.4 Å². The maximum absolute atomic E-state index is 8.01. The summed E-state index contributed by atoms with van der Waals surface area (Å²) >= 11 is 12.5. The Hall–Kier alpha value is -1.85. The van der Waals surface area contributed by atoms with Crippen molar-refractivity contribution in [2.45, 2.75) is 31.7 Å². The van der Waals surface area contributed by atoms with Gasteiger partial charge in [0.25, 0.3) is 0 Å². The molecule has 0 aliphatic heterocycles. The average Bonchev–Trinajstić information content (AvgIpc) is 2.89. The van der Waals surface area contributed by atoms with Crippen LogP contribution >= 0.6 is 23.2 Å². The van der Waals surface area contributed by atoms with Gasteiger partial charge in [0.2, 0.25) is 0 Å². The summed E-state index contributed by atoms with van der Waals surface area (Å²) in [6.45, 7) is 0.469. The molecule has 23 heavy (non-hydrogen) atoms. The number of fused-ring (bicyclic) bond motifs is 1. The van der Waals surface area contributed by atoms with Crippen molar-refractivity contribution in [2.24, 2.45) is 0 Å². The number of imidazole rings is 1. The summed E-state index contributed by atoms with van der Waals surface area (Å²) in [6, 6.07) is 5.46. The molecule has 4 rings (SSSR count). The van der Waals surface area contributed by atoms with E-state index in [2.05, 4.69) is 9.97 Å². The molecule has 2 heterocycles. The monoisotopic (exact) mass is 347 g/mol. The molecule has 118 valence electrons. The van der Waals surface area contributed by atoms with Gasteiger partial charge < -0.3 is 9.55 Å². The molecule has 0 spiro atoms. The molecule has 5 nitrogen and oxygen atoms in total. The Morgan fingerprint density at radius 1 is 1.26 bits per heavy atom. The molecular weight excluding hydrogens is 333 g/mol. The Morgan fingerprint density at radius 2 is 2.00 bits per heavy atom. The number of benzene rings is 1. The van der Waals surface area contributed by atoms with Gasteiger partial charge in [-0.3, -0.25) is 5.41 Å². The summed E-state index contributed by atoms with van der Waals surface area (Å²) in [4.78, 5) is 12.1. The van der Waals surface area contributed by atoms with Crippen molar-refractivity contribution in [2.75, 3.05) is 0 Å². The van der Waals surface area contributed by atoms with Crippen LogP contribution in [0, 0.1) is 5.41 Å². The normalized spacial score (nSPS) is 15.0. The van der Waals surface area contributed by atoms with E-state index in [4.69, 9.17) is 33.6 Å². The summed E-state index contributed by atoms with van der Waals surface area (Å²) in [5.41, 5.74) is 2.43. The molecule has 0 radical (unpaired) electrons. The number of rotatable bonds is 3. The first-order chi connectivity index (χ1) is 11.1. The van der Waals surface area contributed by atoms with E-state index in [-0.39, 0.29) is 5.49 Å². The van der Waals surface area contributed by atoms with E-state index >= 15 is 0 Å². The quantitative estimate of drug-likeness (QED) is 0.754. The molecule has 0 unspecified atom stereocenters. The van der Waals surface area contributed by atoms with Crippen LogP contribution in [0.2, 0.25) is 10.0 Å². The van der Waals surface area contributed by atoms with Crippen LogP contribution < -0.4 is 5.49 Å². The van der Waals surface area contributed by atoms with Crippen molar-refractivity contribution in [3.8, 4) is 0 Å². The summed E-state index contributed by atoms with van der Waals surface area (Å²) in [6.07, 6.45) is 5.16. The maximum atomic E-state index is 8.01. The number of nitrogens with one attached hydrogen (secondary N) is 2. The lowest BCUT2D eigenvalue weighted by atomic mass is 9.85. The van der Waals surface area contributed by atoms with E-state index < -0.39 is 0 Å². The highest BCUT2D eigenvalue weighted by Gasteiger charge is 2.23. The Balaban J connectivity index is 1.82. The SMILES string of the molecule is N=c1ncn(Cc2c(Cl)cccc2Cl)c2nc(C3CCC3)[nH]c12. The fourth-order valence-electron chi connectivity index (χ4n) is 2.85. The van der Waals surface area contributed by atoms with Gasteiger partial charge in [-0.2, -0.15) is 0 Å². The first-order valence-electron chi connectivity index (χ1n) is 7.56. The first-order valence-corrected chi connectivity index (χ1v) is 8.31. The van der Waals surface area contributed by atoms with Gasteiger partial charge in [0.15, 0.2) is 11.1 Å². The minimum absolute atomic E-state index is 0.208. The highest BCUT2D eigenvalue weighted by molar-refractivity contribution is 6.35. The molecule has 2 N–H and O–H groups in total. The van der Waals surface area contributed by atoms with E-state index in [9.17, 15) is 0 Å². The number of aromatic nitrogens is 4. The van der Waals surface area contributed by atoms with Gasteiger partial charge in [0, 0.05) is 21.5 Å². The summed E-state index contributed by atoms with van der Waals surface area (Å²) in [5, 5.41) is 9.23. The van der Waals surface area contributed by atoms with Crippen molar-refractivity contribution in [3.05, 3.63) is 51.4 Å². The van der Waals surface area contributed by atoms with E-state index in [1.165, 1.54) is 6.42 Å². The van der Waals surface area contributed by atoms with E-state index in [0.717, 1.165) is 29.9 Å². The highest BCUT2D eigenvalue weighted by atomic mass is 35.5. The van der Waals surface area contributed by atoms with Gasteiger partial charge in [-0.1, -0.05) is 35.7 Å². The number of hydrogen-bond donors (Lipinski definition) is 2. The lowest BCUT2D eigenvalue weighted by Gasteiger charge is -2.22. The number of nitrogens with zero attached hydrogens (tertiary/aromatic N) is 3. The molecule has 2 aromatic heterocycles. The Morgan fingerprint density at radius 3 is 2.65 bits per heavy atom. The topological polar surface area (TPSA) is 70.3 Å². The standard InChI is InChI=1S/C16H15Cl2N5/c17-11-5-2-6-12(18)10(11)7-23-8-20-14(19)13-16(23)22-15(21-13)9-3-1-4-9/h2,5-6,8-9,19H,1,3-4,7H2,(H,21,22). The van der Waals surface area contributed by atoms with Crippen LogP contribution in [-0.2, 0) is 6.54 Å². The van der Waals surface area contributed by atoms with Gasteiger partial charge in [-0.25, -0.2) is 9.97 Å². The van der Waals surface area contributed by atoms with Gasteiger partial charge in [-0.15, -0.1) is 0 Å². The summed E-state index contributed by atoms with van der Waals surface area (Å²) in [5.74, 6) is 1.42. The fourth-order valence-corrected chi connectivity index (χ4v) is 3.36. The number of H-pyrrole nitrogens is 1. The second-order valence-corrected chi connectivity index (χ2v) is 6.68. The molecule has 1 saturated carbocycles. The van der Waals surface area contributed by atoms with Crippen LogP contribution in [0.3, 0.4) is 0 Å². The van der Waals surface area contributed by atoms with Crippen LogP contribution in [0.15, 0.2) is 24.5 Å². The second-order valence-electron chi connectivity index (χ2n) is 5.87. The predicted molar refractivity (Wildman–Crippen MR) is 89.9 cm³/mol. The number of aromatic amines is 1. The Kier molecular flexibility index (Phi) is 3.62. The minimum Gasteiger partial charge on any atom is -0.337 e. The van der Waals surface area contributed by atoms with E-state index in [1.54, 1.807) is 6.33 Å². The third kappa shape index (κ3) is 2.54. The third-order valence-electron chi connectivity index (χ3n) is 4.42. The van der Waals surface area contributed by atoms with Gasteiger partial charge >= 0.3 is 0 Å². The van der Waals surface area contributed by atoms with Crippen molar-refractivity contribution < 1.29 is 0 Å². The average molecular weight is 348 g/mol. The summed E-state index contributed by atoms with van der Waals surface area (Å²) in [7, 11) is 0. The predicted octanol–water partition coefficient (Wildman–Crippen LogP) is 3.86. The van der Waals surface area contributed by atoms with E-state index in [1.807, 2.05) is 22.8 Å². The van der Waals surface area contributed by atoms with Crippen LogP contribution in [-0.4, -0.2) is 19.5 Å². The molecule has 1 aromatic carbocycles.